The van der Waals surface area contributed by atoms with Gasteiger partial charge < -0.3 is 20.1 Å². The molecule has 3 aromatic rings. The fraction of sp³-hybridized carbons (Fsp3) is 0.111. The van der Waals surface area contributed by atoms with Gasteiger partial charge in [-0.25, -0.2) is 4.79 Å². The highest BCUT2D eigenvalue weighted by Crippen LogP contribution is 2.24. The van der Waals surface area contributed by atoms with Crippen LogP contribution in [-0.4, -0.2) is 28.0 Å². The Kier molecular flexibility index (Phi) is 5.72. The molecule has 8 nitrogen and oxygen atoms in total. The Morgan fingerprint density at radius 2 is 1.85 bits per heavy atom. The highest BCUT2D eigenvalue weighted by Gasteiger charge is 2.21. The Morgan fingerprint density at radius 3 is 2.52 bits per heavy atom. The Labute approximate surface area is 158 Å². The first-order valence-electron chi connectivity index (χ1n) is 7.95. The maximum Gasteiger partial charge on any atom is 0.335 e. The maximum absolute atomic E-state index is 12.0. The molecule has 0 unspecified atom stereocenters. The molecule has 9 heteroatoms. The van der Waals surface area contributed by atoms with Gasteiger partial charge in [0.15, 0.2) is 5.95 Å². The molecule has 0 aliphatic rings. The number of thioether (sulfide) groups is 1. The molecule has 2 N–H and O–H groups in total. The SMILES string of the molecule is O=C(CCSc1c([O-])on[n+]1-c1ccccc1)Nc1ccc(C(=O)O)cc1. The Hall–Kier alpha value is -3.33. The van der Waals surface area contributed by atoms with Gasteiger partial charge in [0.05, 0.1) is 10.8 Å². The summed E-state index contributed by atoms with van der Waals surface area (Å²) in [6.45, 7) is 0. The quantitative estimate of drug-likeness (QED) is 0.470. The van der Waals surface area contributed by atoms with Crippen molar-refractivity contribution >= 4 is 29.3 Å². The summed E-state index contributed by atoms with van der Waals surface area (Å²) in [7, 11) is 0. The lowest BCUT2D eigenvalue weighted by molar-refractivity contribution is -0.705. The molecule has 0 spiro atoms. The van der Waals surface area contributed by atoms with Gasteiger partial charge in [0.1, 0.15) is 0 Å². The van der Waals surface area contributed by atoms with Gasteiger partial charge in [0.2, 0.25) is 11.6 Å². The minimum atomic E-state index is -1.03. The molecule has 0 aliphatic heterocycles. The van der Waals surface area contributed by atoms with Crippen molar-refractivity contribution in [3.8, 4) is 11.6 Å². The van der Waals surface area contributed by atoms with Gasteiger partial charge in [-0.1, -0.05) is 30.0 Å². The predicted octanol–water partition coefficient (Wildman–Crippen LogP) is 1.84. The Balaban J connectivity index is 1.56. The fourth-order valence-corrected chi connectivity index (χ4v) is 3.15. The lowest BCUT2D eigenvalue weighted by Crippen LogP contribution is -2.34. The van der Waals surface area contributed by atoms with Crippen molar-refractivity contribution in [3.05, 3.63) is 60.2 Å². The standard InChI is InChI=1S/C18H15N3O5S/c22-15(19-13-8-6-12(7-9-13)17(23)24)10-11-27-16-18(25)26-20-21(16)14-4-2-1-3-5-14/h1-9H,10-11H2,(H2-,19,20,22,23,24,25). The van der Waals surface area contributed by atoms with E-state index in [4.69, 9.17) is 9.63 Å². The van der Waals surface area contributed by atoms with E-state index in [2.05, 4.69) is 10.6 Å². The molecule has 0 aliphatic carbocycles. The number of para-hydroxylation sites is 1. The molecular weight excluding hydrogens is 370 g/mol. The number of nitrogens with zero attached hydrogens (tertiary/aromatic N) is 2. The molecule has 3 rings (SSSR count). The van der Waals surface area contributed by atoms with E-state index in [0.717, 1.165) is 0 Å². The van der Waals surface area contributed by atoms with Crippen LogP contribution in [0.3, 0.4) is 0 Å². The zero-order valence-corrected chi connectivity index (χ0v) is 14.8. The lowest BCUT2D eigenvalue weighted by atomic mass is 10.2. The third-order valence-corrected chi connectivity index (χ3v) is 4.58. The van der Waals surface area contributed by atoms with Gasteiger partial charge in [-0.05, 0) is 28.9 Å². The van der Waals surface area contributed by atoms with Gasteiger partial charge in [-0.2, -0.15) is 0 Å². The van der Waals surface area contributed by atoms with Crippen LogP contribution in [0.2, 0.25) is 0 Å². The van der Waals surface area contributed by atoms with Crippen molar-refractivity contribution < 1.29 is 29.0 Å². The third-order valence-electron chi connectivity index (χ3n) is 3.56. The van der Waals surface area contributed by atoms with Gasteiger partial charge in [0.25, 0.3) is 5.03 Å². The van der Waals surface area contributed by atoms with E-state index in [-0.39, 0.29) is 17.9 Å². The number of rotatable bonds is 7. The molecule has 0 bridgehead atoms. The van der Waals surface area contributed by atoms with Crippen LogP contribution >= 0.6 is 11.8 Å². The van der Waals surface area contributed by atoms with E-state index in [9.17, 15) is 14.7 Å². The topological polar surface area (TPSA) is 119 Å². The highest BCUT2D eigenvalue weighted by molar-refractivity contribution is 7.99. The number of aromatic carboxylic acids is 1. The monoisotopic (exact) mass is 385 g/mol. The number of benzene rings is 2. The fourth-order valence-electron chi connectivity index (χ4n) is 2.25. The second-order valence-corrected chi connectivity index (χ2v) is 6.53. The molecule has 1 heterocycles. The highest BCUT2D eigenvalue weighted by atomic mass is 32.2. The number of carbonyl (C=O) groups excluding carboxylic acids is 1. The van der Waals surface area contributed by atoms with Crippen LogP contribution in [0.5, 0.6) is 5.95 Å². The molecule has 0 atom stereocenters. The molecule has 0 saturated heterocycles. The minimum absolute atomic E-state index is 0.143. The van der Waals surface area contributed by atoms with Gasteiger partial charge >= 0.3 is 5.97 Å². The smallest absolute Gasteiger partial charge is 0.335 e. The van der Waals surface area contributed by atoms with Crippen LogP contribution in [0, 0.1) is 0 Å². The average Bonchev–Trinajstić information content (AvgIpc) is 3.03. The summed E-state index contributed by atoms with van der Waals surface area (Å²) in [4.78, 5) is 22.9. The van der Waals surface area contributed by atoms with E-state index in [1.165, 1.54) is 40.7 Å². The summed E-state index contributed by atoms with van der Waals surface area (Å²) in [6, 6.07) is 14.9. The molecule has 1 aromatic heterocycles. The summed E-state index contributed by atoms with van der Waals surface area (Å²) >= 11 is 1.18. The first kappa shape index (κ1) is 18.5. The summed E-state index contributed by atoms with van der Waals surface area (Å²) in [5.41, 5.74) is 1.34. The number of amides is 1. The van der Waals surface area contributed by atoms with Crippen molar-refractivity contribution in [2.75, 3.05) is 11.1 Å². The first-order valence-corrected chi connectivity index (χ1v) is 8.93. The second-order valence-electron chi connectivity index (χ2n) is 5.44. The first-order chi connectivity index (χ1) is 13.0. The Morgan fingerprint density at radius 1 is 1.15 bits per heavy atom. The van der Waals surface area contributed by atoms with Crippen LogP contribution in [0.1, 0.15) is 16.8 Å². The molecule has 1 amide bonds. The molecule has 27 heavy (non-hydrogen) atoms. The molecule has 0 radical (unpaired) electrons. The number of anilines is 1. The van der Waals surface area contributed by atoms with Gasteiger partial charge in [-0.15, -0.1) is 0 Å². The zero-order chi connectivity index (χ0) is 19.2. The van der Waals surface area contributed by atoms with E-state index >= 15 is 0 Å². The summed E-state index contributed by atoms with van der Waals surface area (Å²) in [5.74, 6) is -1.49. The van der Waals surface area contributed by atoms with Crippen LogP contribution in [0.15, 0.2) is 64.1 Å². The molecular formula is C18H15N3O5S. The van der Waals surface area contributed by atoms with E-state index in [1.54, 1.807) is 12.1 Å². The number of nitrogens with one attached hydrogen (secondary N) is 1. The zero-order valence-electron chi connectivity index (χ0n) is 14.0. The van der Waals surface area contributed by atoms with Gasteiger partial charge in [0, 0.05) is 30.0 Å². The number of carboxylic acids is 1. The predicted molar refractivity (Wildman–Crippen MR) is 94.9 cm³/mol. The molecule has 2 aromatic carbocycles. The van der Waals surface area contributed by atoms with Crippen LogP contribution in [-0.2, 0) is 4.79 Å². The summed E-state index contributed by atoms with van der Waals surface area (Å²) in [5, 5.41) is 27.4. The summed E-state index contributed by atoms with van der Waals surface area (Å²) < 4.78 is 6.12. The van der Waals surface area contributed by atoms with Crippen molar-refractivity contribution in [1.29, 1.82) is 0 Å². The molecule has 138 valence electrons. The summed E-state index contributed by atoms with van der Waals surface area (Å²) in [6.07, 6.45) is 0.157. The average molecular weight is 385 g/mol. The second kappa shape index (κ2) is 8.37. The maximum atomic E-state index is 12.0. The third kappa shape index (κ3) is 4.64. The van der Waals surface area contributed by atoms with Crippen molar-refractivity contribution in [3.63, 3.8) is 0 Å². The van der Waals surface area contributed by atoms with Crippen LogP contribution in [0.25, 0.3) is 5.69 Å². The van der Waals surface area contributed by atoms with Crippen molar-refractivity contribution in [2.24, 2.45) is 0 Å². The Bertz CT molecular complexity index is 941. The van der Waals surface area contributed by atoms with Crippen molar-refractivity contribution in [1.82, 2.24) is 5.27 Å². The lowest BCUT2D eigenvalue weighted by Gasteiger charge is -2.05. The number of carboxylic acid groups (broad SMARTS) is 1. The minimum Gasteiger partial charge on any atom is -0.538 e. The molecule has 0 fully saturated rings. The van der Waals surface area contributed by atoms with Crippen LogP contribution < -0.4 is 15.1 Å². The number of hydrogen-bond donors (Lipinski definition) is 2. The normalized spacial score (nSPS) is 10.5. The number of carbonyl (C=O) groups is 2. The van der Waals surface area contributed by atoms with Gasteiger partial charge in [-0.3, -0.25) is 4.79 Å². The van der Waals surface area contributed by atoms with E-state index in [0.29, 0.717) is 22.2 Å². The largest absolute Gasteiger partial charge is 0.538 e. The number of hydrogen-bond acceptors (Lipinski definition) is 6. The number of aromatic nitrogens is 2. The van der Waals surface area contributed by atoms with Crippen LogP contribution in [0.4, 0.5) is 5.69 Å². The van der Waals surface area contributed by atoms with Crippen molar-refractivity contribution in [2.45, 2.75) is 11.4 Å². The van der Waals surface area contributed by atoms with E-state index < -0.39 is 11.9 Å². The van der Waals surface area contributed by atoms with E-state index in [1.807, 2.05) is 18.2 Å². The molecule has 0 saturated carbocycles.